The highest BCUT2D eigenvalue weighted by Crippen LogP contribution is 2.25. The van der Waals surface area contributed by atoms with Crippen molar-refractivity contribution in [2.75, 3.05) is 18.0 Å². The quantitative estimate of drug-likeness (QED) is 0.337. The number of rotatable bonds is 10. The molecule has 0 fully saturated rings. The molecule has 0 aliphatic heterocycles. The molecule has 184 valence electrons. The molecular formula is C26H29N3O5S. The molecule has 35 heavy (non-hydrogen) atoms. The minimum Gasteiger partial charge on any atom is -0.497 e. The summed E-state index contributed by atoms with van der Waals surface area (Å²) < 4.78 is 38.6. The summed E-state index contributed by atoms with van der Waals surface area (Å²) in [5.41, 5.74) is 4.49. The summed E-state index contributed by atoms with van der Waals surface area (Å²) in [7, 11) is -2.53. The van der Waals surface area contributed by atoms with Crippen LogP contribution in [0.15, 0.2) is 82.8 Å². The van der Waals surface area contributed by atoms with Gasteiger partial charge in [0.2, 0.25) is 0 Å². The number of hydrogen-bond donors (Lipinski definition) is 1. The average Bonchev–Trinajstić information content (AvgIpc) is 2.84. The molecule has 0 spiro atoms. The number of aryl methyl sites for hydroxylation is 1. The maximum absolute atomic E-state index is 13.4. The molecule has 1 amide bonds. The Bertz CT molecular complexity index is 1250. The van der Waals surface area contributed by atoms with Crippen LogP contribution in [-0.4, -0.2) is 40.3 Å². The van der Waals surface area contributed by atoms with Gasteiger partial charge in [0, 0.05) is 0 Å². The van der Waals surface area contributed by atoms with E-state index in [1.807, 2.05) is 32.9 Å². The molecule has 3 rings (SSSR count). The second-order valence-electron chi connectivity index (χ2n) is 8.05. The first-order valence-corrected chi connectivity index (χ1v) is 12.4. The molecule has 0 radical (unpaired) electrons. The first-order chi connectivity index (χ1) is 16.7. The lowest BCUT2D eigenvalue weighted by molar-refractivity contribution is -0.119. The van der Waals surface area contributed by atoms with Gasteiger partial charge in [0.25, 0.3) is 15.9 Å². The largest absolute Gasteiger partial charge is 0.497 e. The standard InChI is InChI=1S/C26H29N3O5S/c1-19(2)34-24-11-7-21(8-12-24)17-27-28-26(30)18-29(22-9-5-20(3)6-10-22)35(31,32)25-15-13-23(33-4)14-16-25/h5-17,19H,18H2,1-4H3,(H,28,30)/b27-17-. The Balaban J connectivity index is 1.76. The van der Waals surface area contributed by atoms with Gasteiger partial charge in [-0.2, -0.15) is 5.10 Å². The van der Waals surface area contributed by atoms with Crippen LogP contribution in [0.2, 0.25) is 0 Å². The summed E-state index contributed by atoms with van der Waals surface area (Å²) in [6, 6.07) is 20.1. The zero-order valence-corrected chi connectivity index (χ0v) is 21.0. The Kier molecular flexibility index (Phi) is 8.48. The van der Waals surface area contributed by atoms with Gasteiger partial charge in [-0.25, -0.2) is 13.8 Å². The van der Waals surface area contributed by atoms with Crippen LogP contribution in [0.1, 0.15) is 25.0 Å². The second kappa shape index (κ2) is 11.5. The summed E-state index contributed by atoms with van der Waals surface area (Å²) in [6.45, 7) is 5.34. The predicted molar refractivity (Wildman–Crippen MR) is 137 cm³/mol. The SMILES string of the molecule is COc1ccc(S(=O)(=O)N(CC(=O)N/N=C\c2ccc(OC(C)C)cc2)c2ccc(C)cc2)cc1. The van der Waals surface area contributed by atoms with E-state index in [1.165, 1.54) is 25.5 Å². The van der Waals surface area contributed by atoms with Crippen molar-refractivity contribution in [2.24, 2.45) is 5.10 Å². The number of anilines is 1. The lowest BCUT2D eigenvalue weighted by atomic mass is 10.2. The molecule has 8 nitrogen and oxygen atoms in total. The molecule has 0 saturated carbocycles. The summed E-state index contributed by atoms with van der Waals surface area (Å²) in [4.78, 5) is 12.7. The van der Waals surface area contributed by atoms with Crippen molar-refractivity contribution in [1.82, 2.24) is 5.43 Å². The number of sulfonamides is 1. The van der Waals surface area contributed by atoms with Crippen molar-refractivity contribution >= 4 is 27.8 Å². The molecule has 0 unspecified atom stereocenters. The van der Waals surface area contributed by atoms with Gasteiger partial charge in [0.05, 0.1) is 30.0 Å². The third kappa shape index (κ3) is 7.07. The summed E-state index contributed by atoms with van der Waals surface area (Å²) in [5.74, 6) is 0.680. The molecule has 0 heterocycles. The van der Waals surface area contributed by atoms with Gasteiger partial charge in [0.15, 0.2) is 0 Å². The van der Waals surface area contributed by atoms with E-state index in [0.717, 1.165) is 21.2 Å². The molecule has 1 N–H and O–H groups in total. The number of ether oxygens (including phenoxy) is 2. The second-order valence-corrected chi connectivity index (χ2v) is 9.91. The maximum Gasteiger partial charge on any atom is 0.264 e. The highest BCUT2D eigenvalue weighted by Gasteiger charge is 2.27. The van der Waals surface area contributed by atoms with Gasteiger partial charge < -0.3 is 9.47 Å². The van der Waals surface area contributed by atoms with Gasteiger partial charge >= 0.3 is 0 Å². The minimum atomic E-state index is -4.03. The van der Waals surface area contributed by atoms with E-state index in [1.54, 1.807) is 48.5 Å². The molecule has 3 aromatic carbocycles. The van der Waals surface area contributed by atoms with Crippen molar-refractivity contribution in [3.8, 4) is 11.5 Å². The smallest absolute Gasteiger partial charge is 0.264 e. The van der Waals surface area contributed by atoms with Gasteiger partial charge in [0.1, 0.15) is 18.0 Å². The van der Waals surface area contributed by atoms with Crippen LogP contribution >= 0.6 is 0 Å². The van der Waals surface area contributed by atoms with Crippen LogP contribution in [0.25, 0.3) is 0 Å². The van der Waals surface area contributed by atoms with Gasteiger partial charge in [-0.3, -0.25) is 9.10 Å². The molecular weight excluding hydrogens is 466 g/mol. The van der Waals surface area contributed by atoms with Crippen molar-refractivity contribution in [1.29, 1.82) is 0 Å². The first-order valence-electron chi connectivity index (χ1n) is 11.0. The Morgan fingerprint density at radius 1 is 0.971 bits per heavy atom. The van der Waals surface area contributed by atoms with E-state index < -0.39 is 22.5 Å². The number of nitrogens with one attached hydrogen (secondary N) is 1. The number of carbonyl (C=O) groups is 1. The molecule has 0 aliphatic carbocycles. The number of hydrogen-bond acceptors (Lipinski definition) is 6. The number of nitrogens with zero attached hydrogens (tertiary/aromatic N) is 2. The number of carbonyl (C=O) groups excluding carboxylic acids is 1. The molecule has 0 bridgehead atoms. The number of methoxy groups -OCH3 is 1. The molecule has 0 aliphatic rings. The Hall–Kier alpha value is -3.85. The molecule has 0 aromatic heterocycles. The summed E-state index contributed by atoms with van der Waals surface area (Å²) in [6.07, 6.45) is 1.55. The van der Waals surface area contributed by atoms with E-state index >= 15 is 0 Å². The zero-order valence-electron chi connectivity index (χ0n) is 20.1. The Labute approximate surface area is 206 Å². The fraction of sp³-hybridized carbons (Fsp3) is 0.231. The molecule has 3 aromatic rings. The van der Waals surface area contributed by atoms with Crippen molar-refractivity contribution in [3.05, 3.63) is 83.9 Å². The zero-order chi connectivity index (χ0) is 25.4. The summed E-state index contributed by atoms with van der Waals surface area (Å²) in [5, 5.41) is 3.97. The number of amides is 1. The predicted octanol–water partition coefficient (Wildman–Crippen LogP) is 4.14. The van der Waals surface area contributed by atoms with Gasteiger partial charge in [-0.15, -0.1) is 0 Å². The first kappa shape index (κ1) is 25.8. The molecule has 0 saturated heterocycles. The van der Waals surface area contributed by atoms with Crippen LogP contribution in [0, 0.1) is 6.92 Å². The highest BCUT2D eigenvalue weighted by atomic mass is 32.2. The van der Waals surface area contributed by atoms with Gasteiger partial charge in [-0.1, -0.05) is 17.7 Å². The fourth-order valence-corrected chi connectivity index (χ4v) is 4.57. The van der Waals surface area contributed by atoms with Crippen LogP contribution in [0.5, 0.6) is 11.5 Å². The fourth-order valence-electron chi connectivity index (χ4n) is 3.15. The van der Waals surface area contributed by atoms with E-state index in [2.05, 4.69) is 10.5 Å². The Morgan fingerprint density at radius 3 is 2.14 bits per heavy atom. The number of hydrazone groups is 1. The maximum atomic E-state index is 13.4. The van der Waals surface area contributed by atoms with Crippen molar-refractivity contribution in [3.63, 3.8) is 0 Å². The van der Waals surface area contributed by atoms with Crippen LogP contribution < -0.4 is 19.2 Å². The number of benzene rings is 3. The third-order valence-electron chi connectivity index (χ3n) is 4.91. The van der Waals surface area contributed by atoms with Crippen LogP contribution in [0.3, 0.4) is 0 Å². The van der Waals surface area contributed by atoms with E-state index in [0.29, 0.717) is 11.4 Å². The van der Waals surface area contributed by atoms with E-state index in [4.69, 9.17) is 9.47 Å². The van der Waals surface area contributed by atoms with Crippen LogP contribution in [0.4, 0.5) is 5.69 Å². The molecule has 9 heteroatoms. The Morgan fingerprint density at radius 2 is 1.57 bits per heavy atom. The average molecular weight is 496 g/mol. The topological polar surface area (TPSA) is 97.3 Å². The lowest BCUT2D eigenvalue weighted by Gasteiger charge is -2.24. The lowest BCUT2D eigenvalue weighted by Crippen LogP contribution is -2.39. The van der Waals surface area contributed by atoms with Crippen molar-refractivity contribution in [2.45, 2.75) is 31.8 Å². The normalized spacial score (nSPS) is 11.5. The highest BCUT2D eigenvalue weighted by molar-refractivity contribution is 7.92. The van der Waals surface area contributed by atoms with E-state index in [-0.39, 0.29) is 11.0 Å². The molecule has 0 atom stereocenters. The minimum absolute atomic E-state index is 0.0406. The van der Waals surface area contributed by atoms with E-state index in [9.17, 15) is 13.2 Å². The third-order valence-corrected chi connectivity index (χ3v) is 6.70. The van der Waals surface area contributed by atoms with Crippen molar-refractivity contribution < 1.29 is 22.7 Å². The van der Waals surface area contributed by atoms with Crippen LogP contribution in [-0.2, 0) is 14.8 Å². The summed E-state index contributed by atoms with van der Waals surface area (Å²) >= 11 is 0. The van der Waals surface area contributed by atoms with Gasteiger partial charge in [-0.05, 0) is 87.0 Å². The monoisotopic (exact) mass is 495 g/mol.